The number of nitrogens with zero attached hydrogens (tertiary/aromatic N) is 1. The second kappa shape index (κ2) is 5.79. The number of hydrogen-bond acceptors (Lipinski definition) is 4. The molecule has 25 heavy (non-hydrogen) atoms. The summed E-state index contributed by atoms with van der Waals surface area (Å²) in [5, 5.41) is 2.63. The fraction of sp³-hybridized carbons (Fsp3) is 0.467. The number of anilines is 1. The lowest BCUT2D eigenvalue weighted by Crippen LogP contribution is -2.32. The van der Waals surface area contributed by atoms with Crippen LogP contribution < -0.4 is 10.1 Å². The van der Waals surface area contributed by atoms with Gasteiger partial charge in [0.05, 0.1) is 15.6 Å². The third-order valence-electron chi connectivity index (χ3n) is 4.05. The molecule has 1 unspecified atom stereocenters. The number of alkyl halides is 5. The van der Waals surface area contributed by atoms with Gasteiger partial charge in [-0.05, 0) is 18.6 Å². The molecule has 136 valence electrons. The predicted octanol–water partition coefficient (Wildman–Crippen LogP) is 4.96. The molecular formula is C15H13F5N2O2S. The van der Waals surface area contributed by atoms with E-state index in [9.17, 15) is 26.7 Å². The van der Waals surface area contributed by atoms with E-state index in [1.54, 1.807) is 0 Å². The summed E-state index contributed by atoms with van der Waals surface area (Å²) < 4.78 is 67.7. The van der Waals surface area contributed by atoms with E-state index in [0.717, 1.165) is 23.5 Å². The van der Waals surface area contributed by atoms with Crippen LogP contribution in [0.3, 0.4) is 0 Å². The molecule has 1 aromatic heterocycles. The molecule has 1 aliphatic rings. The van der Waals surface area contributed by atoms with Crippen molar-refractivity contribution < 1.29 is 31.5 Å². The molecule has 2 aromatic rings. The van der Waals surface area contributed by atoms with Gasteiger partial charge in [0.25, 0.3) is 0 Å². The molecule has 1 N–H and O–H groups in total. The molecule has 0 aliphatic heterocycles. The number of amides is 1. The number of ether oxygens (including phenoxy) is 1. The highest BCUT2D eigenvalue weighted by Gasteiger charge is 2.50. The van der Waals surface area contributed by atoms with Crippen LogP contribution in [-0.2, 0) is 4.79 Å². The number of thiazole rings is 1. The molecule has 1 saturated carbocycles. The van der Waals surface area contributed by atoms with Crippen LogP contribution in [0.2, 0.25) is 0 Å². The van der Waals surface area contributed by atoms with Crippen molar-refractivity contribution in [3.05, 3.63) is 18.2 Å². The summed E-state index contributed by atoms with van der Waals surface area (Å²) >= 11 is 0.945. The molecule has 3 rings (SSSR count). The minimum atomic E-state index is -4.81. The van der Waals surface area contributed by atoms with Gasteiger partial charge >= 0.3 is 6.36 Å². The molecule has 1 fully saturated rings. The Morgan fingerprint density at radius 1 is 1.32 bits per heavy atom. The minimum Gasteiger partial charge on any atom is -0.406 e. The van der Waals surface area contributed by atoms with E-state index in [1.807, 2.05) is 0 Å². The highest BCUT2D eigenvalue weighted by atomic mass is 32.1. The van der Waals surface area contributed by atoms with Gasteiger partial charge in [0.2, 0.25) is 11.8 Å². The Bertz CT molecular complexity index is 820. The smallest absolute Gasteiger partial charge is 0.406 e. The minimum absolute atomic E-state index is 0.0559. The summed E-state index contributed by atoms with van der Waals surface area (Å²) in [6.07, 6.45) is -5.65. The molecule has 0 radical (unpaired) electrons. The fourth-order valence-electron chi connectivity index (χ4n) is 2.80. The van der Waals surface area contributed by atoms with Gasteiger partial charge in [-0.2, -0.15) is 0 Å². The van der Waals surface area contributed by atoms with E-state index in [1.165, 1.54) is 13.0 Å². The second-order valence-corrected chi connectivity index (χ2v) is 7.27. The largest absolute Gasteiger partial charge is 0.573 e. The van der Waals surface area contributed by atoms with Crippen LogP contribution in [-0.4, -0.2) is 23.2 Å². The van der Waals surface area contributed by atoms with Crippen LogP contribution in [0.25, 0.3) is 10.2 Å². The molecule has 1 aromatic carbocycles. The highest BCUT2D eigenvalue weighted by Crippen LogP contribution is 2.47. The summed E-state index contributed by atoms with van der Waals surface area (Å²) in [4.78, 5) is 16.4. The Morgan fingerprint density at radius 3 is 2.64 bits per heavy atom. The first kappa shape index (κ1) is 17.8. The first-order valence-corrected chi connectivity index (χ1v) is 8.13. The molecule has 1 amide bonds. The summed E-state index contributed by atoms with van der Waals surface area (Å²) in [6, 6.07) is 3.59. The Hall–Kier alpha value is -1.97. The van der Waals surface area contributed by atoms with Crippen molar-refractivity contribution >= 4 is 32.6 Å². The van der Waals surface area contributed by atoms with E-state index >= 15 is 0 Å². The maximum Gasteiger partial charge on any atom is 0.573 e. The van der Waals surface area contributed by atoms with Crippen LogP contribution in [0.4, 0.5) is 27.1 Å². The number of halogens is 5. The quantitative estimate of drug-likeness (QED) is 0.766. The van der Waals surface area contributed by atoms with Crippen LogP contribution in [0.5, 0.6) is 5.75 Å². The predicted molar refractivity (Wildman–Crippen MR) is 81.8 cm³/mol. The van der Waals surface area contributed by atoms with E-state index in [-0.39, 0.29) is 18.0 Å². The van der Waals surface area contributed by atoms with Gasteiger partial charge in [-0.25, -0.2) is 13.8 Å². The Balaban J connectivity index is 1.77. The van der Waals surface area contributed by atoms with Crippen molar-refractivity contribution in [1.82, 2.24) is 4.98 Å². The second-order valence-electron chi connectivity index (χ2n) is 6.24. The topological polar surface area (TPSA) is 51.2 Å². The molecule has 1 heterocycles. The standard InChI is InChI=1S/C15H13F5N2O2S/c1-13(4-5-14(16,17)7-13)11(23)22-12-21-9-3-2-8(6-10(9)25-12)24-15(18,19)20/h2-3,6H,4-5,7H2,1H3,(H,21,22,23). The van der Waals surface area contributed by atoms with Crippen LogP contribution in [0.15, 0.2) is 18.2 Å². The molecule has 4 nitrogen and oxygen atoms in total. The summed E-state index contributed by atoms with van der Waals surface area (Å²) in [6.45, 7) is 1.46. The number of benzene rings is 1. The normalized spacial score (nSPS) is 23.0. The lowest BCUT2D eigenvalue weighted by molar-refractivity contribution is -0.274. The lowest BCUT2D eigenvalue weighted by atomic mass is 9.87. The van der Waals surface area contributed by atoms with Crippen molar-refractivity contribution in [3.63, 3.8) is 0 Å². The Kier molecular flexibility index (Phi) is 4.13. The number of aromatic nitrogens is 1. The zero-order valence-electron chi connectivity index (χ0n) is 12.9. The molecule has 0 bridgehead atoms. The number of carbonyl (C=O) groups is 1. The van der Waals surface area contributed by atoms with Gasteiger partial charge < -0.3 is 10.1 Å². The van der Waals surface area contributed by atoms with E-state index < -0.39 is 35.8 Å². The monoisotopic (exact) mass is 380 g/mol. The van der Waals surface area contributed by atoms with Gasteiger partial charge in [0.1, 0.15) is 5.75 Å². The lowest BCUT2D eigenvalue weighted by Gasteiger charge is -2.21. The fourth-order valence-corrected chi connectivity index (χ4v) is 3.69. The third kappa shape index (κ3) is 4.00. The van der Waals surface area contributed by atoms with Gasteiger partial charge in [0.15, 0.2) is 5.13 Å². The zero-order valence-corrected chi connectivity index (χ0v) is 13.7. The van der Waals surface area contributed by atoms with E-state index in [2.05, 4.69) is 15.0 Å². The summed E-state index contributed by atoms with van der Waals surface area (Å²) in [5.41, 5.74) is -0.830. The van der Waals surface area contributed by atoms with Crippen molar-refractivity contribution in [2.45, 2.75) is 38.5 Å². The van der Waals surface area contributed by atoms with Crippen molar-refractivity contribution in [2.24, 2.45) is 5.41 Å². The Labute approximate surface area is 143 Å². The number of nitrogens with one attached hydrogen (secondary N) is 1. The highest BCUT2D eigenvalue weighted by molar-refractivity contribution is 7.22. The molecule has 1 aliphatic carbocycles. The van der Waals surface area contributed by atoms with Crippen molar-refractivity contribution in [2.75, 3.05) is 5.32 Å². The molecule has 0 saturated heterocycles. The Morgan fingerprint density at radius 2 is 2.04 bits per heavy atom. The molecule has 10 heteroatoms. The van der Waals surface area contributed by atoms with E-state index in [0.29, 0.717) is 10.2 Å². The number of hydrogen-bond donors (Lipinski definition) is 1. The number of rotatable bonds is 3. The summed E-state index contributed by atoms with van der Waals surface area (Å²) in [5.74, 6) is -3.84. The number of carbonyl (C=O) groups excluding carboxylic acids is 1. The average Bonchev–Trinajstić information content (AvgIpc) is 2.97. The average molecular weight is 380 g/mol. The maximum atomic E-state index is 13.4. The van der Waals surface area contributed by atoms with Crippen LogP contribution in [0.1, 0.15) is 26.2 Å². The van der Waals surface area contributed by atoms with Crippen molar-refractivity contribution in [3.8, 4) is 5.75 Å². The van der Waals surface area contributed by atoms with E-state index in [4.69, 9.17) is 0 Å². The van der Waals surface area contributed by atoms with Crippen LogP contribution >= 0.6 is 11.3 Å². The first-order chi connectivity index (χ1) is 11.5. The van der Waals surface area contributed by atoms with Gasteiger partial charge in [-0.3, -0.25) is 4.79 Å². The zero-order chi connectivity index (χ0) is 18.5. The van der Waals surface area contributed by atoms with Gasteiger partial charge in [-0.1, -0.05) is 18.3 Å². The van der Waals surface area contributed by atoms with Crippen molar-refractivity contribution in [1.29, 1.82) is 0 Å². The molecule has 0 spiro atoms. The molecule has 1 atom stereocenters. The van der Waals surface area contributed by atoms with Gasteiger partial charge in [0, 0.05) is 18.9 Å². The molecular weight excluding hydrogens is 367 g/mol. The van der Waals surface area contributed by atoms with Gasteiger partial charge in [-0.15, -0.1) is 13.2 Å². The third-order valence-corrected chi connectivity index (χ3v) is 4.99. The SMILES string of the molecule is CC1(C(=O)Nc2nc3ccc(OC(F)(F)F)cc3s2)CCC(F)(F)C1. The number of fused-ring (bicyclic) bond motifs is 1. The van der Waals surface area contributed by atoms with Crippen LogP contribution in [0, 0.1) is 5.41 Å². The summed E-state index contributed by atoms with van der Waals surface area (Å²) in [7, 11) is 0. The first-order valence-electron chi connectivity index (χ1n) is 7.31. The maximum absolute atomic E-state index is 13.4.